The maximum atomic E-state index is 12.3. The van der Waals surface area contributed by atoms with E-state index in [0.717, 1.165) is 16.9 Å². The number of aromatic nitrogens is 1. The Kier molecular flexibility index (Phi) is 5.27. The molecule has 8 heteroatoms. The topological polar surface area (TPSA) is 59.1 Å². The lowest BCUT2D eigenvalue weighted by Crippen LogP contribution is -2.34. The predicted octanol–water partition coefficient (Wildman–Crippen LogP) is 3.67. The third-order valence-electron chi connectivity index (χ3n) is 2.78. The van der Waals surface area contributed by atoms with Crippen molar-refractivity contribution in [3.8, 4) is 0 Å². The summed E-state index contributed by atoms with van der Waals surface area (Å²) < 4.78 is 27.6. The Bertz CT molecular complexity index is 727. The molecule has 1 aromatic carbocycles. The van der Waals surface area contributed by atoms with Crippen molar-refractivity contribution in [2.24, 2.45) is 0 Å². The van der Waals surface area contributed by atoms with Gasteiger partial charge in [0.1, 0.15) is 0 Å². The molecule has 1 N–H and O–H groups in total. The van der Waals surface area contributed by atoms with Crippen LogP contribution in [0.5, 0.6) is 0 Å². The first-order valence-electron chi connectivity index (χ1n) is 6.17. The SMILES string of the molecule is Cc1nc(Cl)sc1S(=O)(=O)NC(C)Cc1ccc(Cl)cc1. The van der Waals surface area contributed by atoms with Crippen LogP contribution in [0.25, 0.3) is 0 Å². The maximum absolute atomic E-state index is 12.3. The molecule has 0 bridgehead atoms. The van der Waals surface area contributed by atoms with E-state index in [9.17, 15) is 8.42 Å². The molecule has 1 heterocycles. The number of aryl methyl sites for hydroxylation is 1. The molecule has 0 aliphatic rings. The Balaban J connectivity index is 2.09. The third kappa shape index (κ3) is 4.40. The number of rotatable bonds is 5. The molecule has 1 aromatic heterocycles. The third-order valence-corrected chi connectivity index (χ3v) is 6.50. The summed E-state index contributed by atoms with van der Waals surface area (Å²) in [4.78, 5) is 3.93. The molecule has 4 nitrogen and oxygen atoms in total. The first kappa shape index (κ1) is 16.7. The van der Waals surface area contributed by atoms with Crippen LogP contribution in [0.15, 0.2) is 28.5 Å². The zero-order chi connectivity index (χ0) is 15.6. The summed E-state index contributed by atoms with van der Waals surface area (Å²) in [6, 6.07) is 7.07. The van der Waals surface area contributed by atoms with Gasteiger partial charge in [0.05, 0.1) is 5.69 Å². The van der Waals surface area contributed by atoms with E-state index in [2.05, 4.69) is 9.71 Å². The van der Waals surface area contributed by atoms with Gasteiger partial charge in [-0.05, 0) is 38.0 Å². The monoisotopic (exact) mass is 364 g/mol. The number of nitrogens with one attached hydrogen (secondary N) is 1. The highest BCUT2D eigenvalue weighted by atomic mass is 35.5. The minimum atomic E-state index is -3.60. The summed E-state index contributed by atoms with van der Waals surface area (Å²) in [7, 11) is -3.60. The van der Waals surface area contributed by atoms with E-state index in [0.29, 0.717) is 17.1 Å². The average Bonchev–Trinajstić information content (AvgIpc) is 2.71. The fourth-order valence-corrected chi connectivity index (χ4v) is 5.06. The van der Waals surface area contributed by atoms with E-state index in [1.165, 1.54) is 0 Å². The smallest absolute Gasteiger partial charge is 0.229 e. The highest BCUT2D eigenvalue weighted by molar-refractivity contribution is 7.91. The largest absolute Gasteiger partial charge is 0.252 e. The highest BCUT2D eigenvalue weighted by Crippen LogP contribution is 2.26. The Hall–Kier alpha value is -0.660. The first-order chi connectivity index (χ1) is 9.78. The molecule has 2 rings (SSSR count). The van der Waals surface area contributed by atoms with Gasteiger partial charge in [-0.25, -0.2) is 18.1 Å². The molecule has 0 aliphatic heterocycles. The standard InChI is InChI=1S/C13H14Cl2N2O2S2/c1-8(7-10-3-5-11(14)6-4-10)17-21(18,19)12-9(2)16-13(15)20-12/h3-6,8,17H,7H2,1-2H3. The van der Waals surface area contributed by atoms with Gasteiger partial charge in [0.25, 0.3) is 10.0 Å². The number of benzene rings is 1. The zero-order valence-corrected chi connectivity index (χ0v) is 14.6. The normalized spacial score (nSPS) is 13.3. The molecule has 0 amide bonds. The van der Waals surface area contributed by atoms with Crippen LogP contribution < -0.4 is 4.72 Å². The summed E-state index contributed by atoms with van der Waals surface area (Å²) >= 11 is 12.5. The second kappa shape index (κ2) is 6.62. The van der Waals surface area contributed by atoms with Gasteiger partial charge in [-0.3, -0.25) is 0 Å². The van der Waals surface area contributed by atoms with Gasteiger partial charge in [0, 0.05) is 11.1 Å². The molecule has 2 aromatic rings. The second-order valence-electron chi connectivity index (χ2n) is 4.69. The van der Waals surface area contributed by atoms with Crippen molar-refractivity contribution in [3.05, 3.63) is 45.0 Å². The second-order valence-corrected chi connectivity index (χ2v) is 8.62. The van der Waals surface area contributed by atoms with Crippen LogP contribution in [-0.4, -0.2) is 19.4 Å². The van der Waals surface area contributed by atoms with Crippen molar-refractivity contribution < 1.29 is 8.42 Å². The van der Waals surface area contributed by atoms with Crippen molar-refractivity contribution in [1.82, 2.24) is 9.71 Å². The van der Waals surface area contributed by atoms with E-state index in [4.69, 9.17) is 23.2 Å². The molecule has 0 saturated heterocycles. The van der Waals surface area contributed by atoms with Gasteiger partial charge in [0.15, 0.2) is 8.68 Å². The fraction of sp³-hybridized carbons (Fsp3) is 0.308. The molecule has 114 valence electrons. The Labute approximate surface area is 138 Å². The van der Waals surface area contributed by atoms with Gasteiger partial charge < -0.3 is 0 Å². The molecular formula is C13H14Cl2N2O2S2. The van der Waals surface area contributed by atoms with Gasteiger partial charge in [-0.15, -0.1) is 0 Å². The maximum Gasteiger partial charge on any atom is 0.252 e. The first-order valence-corrected chi connectivity index (χ1v) is 9.23. The van der Waals surface area contributed by atoms with E-state index in [1.54, 1.807) is 19.1 Å². The summed E-state index contributed by atoms with van der Waals surface area (Å²) in [5.74, 6) is 0. The van der Waals surface area contributed by atoms with Crippen LogP contribution >= 0.6 is 34.5 Å². The molecule has 0 aliphatic carbocycles. The number of halogens is 2. The summed E-state index contributed by atoms with van der Waals surface area (Å²) in [5, 5.41) is 0.655. The summed E-state index contributed by atoms with van der Waals surface area (Å²) in [6.45, 7) is 3.44. The van der Waals surface area contributed by atoms with E-state index < -0.39 is 10.0 Å². The van der Waals surface area contributed by atoms with Crippen molar-refractivity contribution in [2.75, 3.05) is 0 Å². The number of nitrogens with zero attached hydrogens (tertiary/aromatic N) is 1. The van der Waals surface area contributed by atoms with Crippen molar-refractivity contribution >= 4 is 44.6 Å². The highest BCUT2D eigenvalue weighted by Gasteiger charge is 2.23. The number of hydrogen-bond acceptors (Lipinski definition) is 4. The van der Waals surface area contributed by atoms with E-state index in [1.807, 2.05) is 19.1 Å². The molecule has 1 atom stereocenters. The Morgan fingerprint density at radius 2 is 1.90 bits per heavy atom. The minimum Gasteiger partial charge on any atom is -0.229 e. The molecule has 1 unspecified atom stereocenters. The number of sulfonamides is 1. The van der Waals surface area contributed by atoms with E-state index in [-0.39, 0.29) is 14.7 Å². The van der Waals surface area contributed by atoms with Crippen molar-refractivity contribution in [2.45, 2.75) is 30.5 Å². The lowest BCUT2D eigenvalue weighted by molar-refractivity contribution is 0.561. The fourth-order valence-electron chi connectivity index (χ4n) is 1.93. The van der Waals surface area contributed by atoms with Crippen LogP contribution in [0.1, 0.15) is 18.2 Å². The lowest BCUT2D eigenvalue weighted by atomic mass is 10.1. The Morgan fingerprint density at radius 1 is 1.29 bits per heavy atom. The lowest BCUT2D eigenvalue weighted by Gasteiger charge is -2.13. The Morgan fingerprint density at radius 3 is 2.43 bits per heavy atom. The molecule has 0 saturated carbocycles. The van der Waals surface area contributed by atoms with Crippen molar-refractivity contribution in [1.29, 1.82) is 0 Å². The zero-order valence-electron chi connectivity index (χ0n) is 11.4. The quantitative estimate of drug-likeness (QED) is 0.880. The molecular weight excluding hydrogens is 351 g/mol. The molecule has 0 spiro atoms. The van der Waals surface area contributed by atoms with E-state index >= 15 is 0 Å². The van der Waals surface area contributed by atoms with Crippen LogP contribution in [0.4, 0.5) is 0 Å². The average molecular weight is 365 g/mol. The predicted molar refractivity (Wildman–Crippen MR) is 86.8 cm³/mol. The number of hydrogen-bond donors (Lipinski definition) is 1. The summed E-state index contributed by atoms with van der Waals surface area (Å²) in [6.07, 6.45) is 0.571. The van der Waals surface area contributed by atoms with Gasteiger partial charge in [-0.1, -0.05) is 46.7 Å². The number of thiazole rings is 1. The van der Waals surface area contributed by atoms with Gasteiger partial charge in [-0.2, -0.15) is 0 Å². The van der Waals surface area contributed by atoms with Crippen LogP contribution in [0.2, 0.25) is 9.49 Å². The van der Waals surface area contributed by atoms with Crippen LogP contribution in [0.3, 0.4) is 0 Å². The molecule has 0 fully saturated rings. The van der Waals surface area contributed by atoms with Crippen LogP contribution in [-0.2, 0) is 16.4 Å². The van der Waals surface area contributed by atoms with Crippen molar-refractivity contribution in [3.63, 3.8) is 0 Å². The summed E-state index contributed by atoms with van der Waals surface area (Å²) in [5.41, 5.74) is 1.42. The van der Waals surface area contributed by atoms with Gasteiger partial charge >= 0.3 is 0 Å². The molecule has 0 radical (unpaired) electrons. The minimum absolute atomic E-state index is 0.162. The van der Waals surface area contributed by atoms with Crippen LogP contribution in [0, 0.1) is 6.92 Å². The molecule has 21 heavy (non-hydrogen) atoms. The van der Waals surface area contributed by atoms with Gasteiger partial charge in [0.2, 0.25) is 0 Å².